The number of hydrogen-bond donors (Lipinski definition) is 5. The molecule has 0 saturated carbocycles. The van der Waals surface area contributed by atoms with E-state index in [1.807, 2.05) is 0 Å². The van der Waals surface area contributed by atoms with Crippen LogP contribution >= 0.6 is 0 Å². The first-order valence-corrected chi connectivity index (χ1v) is 15.8. The van der Waals surface area contributed by atoms with E-state index in [4.69, 9.17) is 4.74 Å². The molecule has 1 aliphatic rings. The Hall–Kier alpha value is -4.95. The maximum Gasteiger partial charge on any atom is 0.416 e. The Morgan fingerprint density at radius 3 is 2.39 bits per heavy atom. The average Bonchev–Trinajstić information content (AvgIpc) is 3.03. The topological polar surface area (TPSA) is 155 Å². The predicted molar refractivity (Wildman–Crippen MR) is 171 cm³/mol. The number of nitrogens with one attached hydrogen (secondary N) is 5. The summed E-state index contributed by atoms with van der Waals surface area (Å²) in [4.78, 5) is 64.9. The van der Waals surface area contributed by atoms with Crippen molar-refractivity contribution in [3.63, 3.8) is 0 Å². The number of hydrogen-bond acceptors (Lipinski definition) is 6. The molecule has 0 spiro atoms. The molecule has 2 aromatic rings. The summed E-state index contributed by atoms with van der Waals surface area (Å²) >= 11 is 0. The average molecular weight is 692 g/mol. The van der Waals surface area contributed by atoms with Gasteiger partial charge in [-0.05, 0) is 60.9 Å². The first kappa shape index (κ1) is 38.5. The summed E-state index contributed by atoms with van der Waals surface area (Å²) in [5, 5.41) is 13.0. The molecule has 5 N–H and O–H groups in total. The molecule has 0 aromatic heterocycles. The lowest BCUT2D eigenvalue weighted by Crippen LogP contribution is -2.58. The van der Waals surface area contributed by atoms with Gasteiger partial charge in [-0.3, -0.25) is 14.4 Å². The molecule has 0 aliphatic carbocycles. The third kappa shape index (κ3) is 12.5. The molecule has 11 nitrogen and oxygen atoms in total. The highest BCUT2D eigenvalue weighted by Gasteiger charge is 2.33. The van der Waals surface area contributed by atoms with E-state index in [1.54, 1.807) is 19.9 Å². The highest BCUT2D eigenvalue weighted by atomic mass is 19.4. The van der Waals surface area contributed by atoms with Crippen LogP contribution in [-0.2, 0) is 42.9 Å². The van der Waals surface area contributed by atoms with Crippen LogP contribution in [0.2, 0.25) is 0 Å². The molecule has 0 bridgehead atoms. The van der Waals surface area contributed by atoms with Gasteiger partial charge < -0.3 is 31.3 Å². The Labute approximate surface area is 281 Å². The lowest BCUT2D eigenvalue weighted by atomic mass is 10.0. The fraction of sp³-hybridized carbons (Fsp3) is 0.441. The Bertz CT molecular complexity index is 1520. The number of halogens is 4. The zero-order valence-corrected chi connectivity index (χ0v) is 27.4. The van der Waals surface area contributed by atoms with Crippen LogP contribution in [0.25, 0.3) is 0 Å². The van der Waals surface area contributed by atoms with Crippen molar-refractivity contribution in [2.45, 2.75) is 76.3 Å². The maximum atomic E-state index is 13.9. The highest BCUT2D eigenvalue weighted by molar-refractivity contribution is 5.93. The largest absolute Gasteiger partial charge is 0.467 e. The SMILES string of the molecule is COC(=O)C(NC(=O)NC(Cc1cccc(C(F)(F)F)c1)C(=O)N[C@H]1CCCCNC(=O)C=C[C@H](Cc2cccc(F)c2)NC1=O)C(C)C. The minimum absolute atomic E-state index is 0.0721. The summed E-state index contributed by atoms with van der Waals surface area (Å²) in [5.74, 6) is -3.52. The van der Waals surface area contributed by atoms with Gasteiger partial charge in [0.05, 0.1) is 18.7 Å². The molecular weight excluding hydrogens is 650 g/mol. The summed E-state index contributed by atoms with van der Waals surface area (Å²) < 4.78 is 59.0. The van der Waals surface area contributed by atoms with E-state index >= 15 is 0 Å². The fourth-order valence-corrected chi connectivity index (χ4v) is 5.14. The van der Waals surface area contributed by atoms with Crippen LogP contribution in [0.5, 0.6) is 0 Å². The van der Waals surface area contributed by atoms with Crippen LogP contribution < -0.4 is 26.6 Å². The number of benzene rings is 2. The second-order valence-corrected chi connectivity index (χ2v) is 12.0. The minimum atomic E-state index is -4.66. The number of methoxy groups -OCH3 is 1. The molecule has 1 heterocycles. The number of carbonyl (C=O) groups excluding carboxylic acids is 5. The van der Waals surface area contributed by atoms with E-state index in [2.05, 4.69) is 26.6 Å². The van der Waals surface area contributed by atoms with E-state index in [0.717, 1.165) is 19.2 Å². The second-order valence-electron chi connectivity index (χ2n) is 12.0. The number of ether oxygens (including phenoxy) is 1. The van der Waals surface area contributed by atoms with Crippen molar-refractivity contribution in [3.05, 3.63) is 83.2 Å². The molecule has 2 aromatic carbocycles. The third-order valence-electron chi connectivity index (χ3n) is 7.73. The Kier molecular flexibility index (Phi) is 14.1. The zero-order chi connectivity index (χ0) is 36.1. The highest BCUT2D eigenvalue weighted by Crippen LogP contribution is 2.29. The fourth-order valence-electron chi connectivity index (χ4n) is 5.14. The molecule has 0 radical (unpaired) electrons. The Morgan fingerprint density at radius 1 is 1.00 bits per heavy atom. The van der Waals surface area contributed by atoms with Gasteiger partial charge in [-0.1, -0.05) is 50.3 Å². The van der Waals surface area contributed by atoms with Gasteiger partial charge in [0, 0.05) is 19.0 Å². The van der Waals surface area contributed by atoms with Crippen molar-refractivity contribution in [1.82, 2.24) is 26.6 Å². The number of rotatable bonds is 10. The zero-order valence-electron chi connectivity index (χ0n) is 27.4. The van der Waals surface area contributed by atoms with E-state index in [9.17, 15) is 41.5 Å². The number of alkyl halides is 3. The van der Waals surface area contributed by atoms with Crippen molar-refractivity contribution >= 4 is 29.7 Å². The molecule has 1 aliphatic heterocycles. The van der Waals surface area contributed by atoms with Gasteiger partial charge in [0.1, 0.15) is 23.9 Å². The molecular formula is C34H41F4N5O6. The van der Waals surface area contributed by atoms with Crippen LogP contribution in [0.3, 0.4) is 0 Å². The van der Waals surface area contributed by atoms with Gasteiger partial charge in [-0.15, -0.1) is 0 Å². The molecule has 0 saturated heterocycles. The van der Waals surface area contributed by atoms with Gasteiger partial charge in [0.2, 0.25) is 17.7 Å². The molecule has 266 valence electrons. The Morgan fingerprint density at radius 2 is 1.71 bits per heavy atom. The number of urea groups is 1. The van der Waals surface area contributed by atoms with Crippen LogP contribution in [0.4, 0.5) is 22.4 Å². The summed E-state index contributed by atoms with van der Waals surface area (Å²) in [6, 6.07) is 4.49. The molecule has 5 amide bonds. The number of esters is 1. The van der Waals surface area contributed by atoms with Crippen molar-refractivity contribution in [3.8, 4) is 0 Å². The predicted octanol–water partition coefficient (Wildman–Crippen LogP) is 3.32. The van der Waals surface area contributed by atoms with Crippen LogP contribution in [-0.4, -0.2) is 67.5 Å². The van der Waals surface area contributed by atoms with Crippen LogP contribution in [0.1, 0.15) is 49.8 Å². The number of carbonyl (C=O) groups is 5. The van der Waals surface area contributed by atoms with Crippen molar-refractivity contribution in [2.24, 2.45) is 5.92 Å². The second kappa shape index (κ2) is 18.0. The van der Waals surface area contributed by atoms with Gasteiger partial charge in [0.15, 0.2) is 0 Å². The quantitative estimate of drug-likeness (QED) is 0.190. The summed E-state index contributed by atoms with van der Waals surface area (Å²) in [7, 11) is 1.14. The van der Waals surface area contributed by atoms with Gasteiger partial charge in [0.25, 0.3) is 0 Å². The summed E-state index contributed by atoms with van der Waals surface area (Å²) in [5.41, 5.74) is -0.351. The smallest absolute Gasteiger partial charge is 0.416 e. The molecule has 0 fully saturated rings. The summed E-state index contributed by atoms with van der Waals surface area (Å²) in [6.45, 7) is 3.59. The van der Waals surface area contributed by atoms with E-state index in [1.165, 1.54) is 42.5 Å². The van der Waals surface area contributed by atoms with Gasteiger partial charge in [-0.2, -0.15) is 13.2 Å². The minimum Gasteiger partial charge on any atom is -0.467 e. The van der Waals surface area contributed by atoms with E-state index in [-0.39, 0.29) is 37.3 Å². The van der Waals surface area contributed by atoms with Crippen LogP contribution in [0.15, 0.2) is 60.7 Å². The first-order chi connectivity index (χ1) is 23.2. The summed E-state index contributed by atoms with van der Waals surface area (Å²) in [6.07, 6.45) is -1.26. The van der Waals surface area contributed by atoms with Crippen molar-refractivity contribution in [2.75, 3.05) is 13.7 Å². The van der Waals surface area contributed by atoms with Gasteiger partial charge in [-0.25, -0.2) is 14.0 Å². The molecule has 3 rings (SSSR count). The first-order valence-electron chi connectivity index (χ1n) is 15.8. The third-order valence-corrected chi connectivity index (χ3v) is 7.73. The Balaban J connectivity index is 1.88. The lowest BCUT2D eigenvalue weighted by Gasteiger charge is -2.26. The van der Waals surface area contributed by atoms with Crippen molar-refractivity contribution in [1.29, 1.82) is 0 Å². The lowest BCUT2D eigenvalue weighted by molar-refractivity contribution is -0.144. The normalized spacial score (nSPS) is 18.5. The molecule has 15 heteroatoms. The molecule has 49 heavy (non-hydrogen) atoms. The maximum absolute atomic E-state index is 13.9. The van der Waals surface area contributed by atoms with Gasteiger partial charge >= 0.3 is 18.2 Å². The monoisotopic (exact) mass is 691 g/mol. The number of amides is 5. The molecule has 2 unspecified atom stereocenters. The van der Waals surface area contributed by atoms with E-state index < -0.39 is 71.5 Å². The van der Waals surface area contributed by atoms with E-state index in [0.29, 0.717) is 18.4 Å². The standard InChI is InChI=1S/C34H41F4N5O6/c1-20(2)29(32(47)49-3)43-33(48)42-27(19-21-8-6-10-23(16-21)34(36,37)38)31(46)41-26-12-4-5-15-39-28(44)14-13-25(40-30(26)45)18-22-9-7-11-24(35)17-22/h6-11,13-14,16-17,20,25-27,29H,4-5,12,15,18-19H2,1-3H3,(H,39,44)(H,40,45)(H,41,46)(H2,42,43,48)/t25-,26+,27?,29?/m1/s1. The molecule has 4 atom stereocenters. The van der Waals surface area contributed by atoms with Crippen molar-refractivity contribution < 1.29 is 46.3 Å². The van der Waals surface area contributed by atoms with Crippen LogP contribution in [0, 0.1) is 11.7 Å².